The third-order valence-electron chi connectivity index (χ3n) is 0. The summed E-state index contributed by atoms with van der Waals surface area (Å²) in [5, 5.41) is 0. The summed E-state index contributed by atoms with van der Waals surface area (Å²) in [6, 6.07) is -0.583. The zero-order valence-electron chi connectivity index (χ0n) is 4.23. The fraction of sp³-hybridized carbons (Fsp3) is 0. The standard InChI is InChI=1S/CH4N2O.H2O4S/c2-1(3)4;1-5(2,3)4/h(H4,2,3,4);(H2,1,2,3,4)/p-1. The van der Waals surface area contributed by atoms with Crippen molar-refractivity contribution in [3.8, 4) is 0 Å². The van der Waals surface area contributed by atoms with Gasteiger partial charge in [0.2, 0.25) is 0 Å². The van der Waals surface area contributed by atoms with Crippen molar-refractivity contribution in [2.45, 2.75) is 0 Å². The molecule has 0 aliphatic heterocycles. The number of nitrogens with two attached hydrogens (primary N) is 1. The minimum Gasteiger partial charge on any atom is -0.759 e. The number of rotatable bonds is 0. The first-order chi connectivity index (χ1) is 3.73. The molecule has 0 aromatic carbocycles. The molecule has 0 aromatic heterocycles. The van der Waals surface area contributed by atoms with Crippen LogP contribution < -0.4 is 11.5 Å². The average molecular weight is 157 g/mol. The minimum absolute atomic E-state index is 0.583. The highest BCUT2D eigenvalue weighted by Gasteiger charge is 1.68. The molecule has 0 spiro atoms. The number of primary amides is 1. The molecule has 8 heteroatoms. The summed E-state index contributed by atoms with van der Waals surface area (Å²) in [4.78, 5) is 9.11. The maximum atomic E-state index is 9.11. The second-order valence-corrected chi connectivity index (χ2v) is 1.69. The Morgan fingerprint density at radius 3 is 1.44 bits per heavy atom. The monoisotopic (exact) mass is 157 g/mol. The van der Waals surface area contributed by atoms with E-state index in [0.29, 0.717) is 0 Å². The number of quaternary nitrogens is 1. The molecule has 56 valence electrons. The van der Waals surface area contributed by atoms with E-state index in [2.05, 4.69) is 11.5 Å². The van der Waals surface area contributed by atoms with Gasteiger partial charge in [0.1, 0.15) is 0 Å². The lowest BCUT2D eigenvalue weighted by Crippen LogP contribution is -2.60. The summed E-state index contributed by atoms with van der Waals surface area (Å²) in [6.45, 7) is 0. The zero-order chi connectivity index (χ0) is 8.08. The maximum Gasteiger partial charge on any atom is 0.409 e. The van der Waals surface area contributed by atoms with Gasteiger partial charge in [-0.05, 0) is 0 Å². The number of carbonyl (C=O) groups is 1. The molecule has 0 atom stereocenters. The largest absolute Gasteiger partial charge is 0.759 e. The van der Waals surface area contributed by atoms with Gasteiger partial charge in [-0.2, -0.15) is 0 Å². The van der Waals surface area contributed by atoms with Crippen molar-refractivity contribution in [2.75, 3.05) is 0 Å². The van der Waals surface area contributed by atoms with E-state index in [9.17, 15) is 0 Å². The summed E-state index contributed by atoms with van der Waals surface area (Å²) >= 11 is 0. The minimum atomic E-state index is -5.17. The van der Waals surface area contributed by atoms with Crippen LogP contribution in [0.5, 0.6) is 0 Å². The Hall–Kier alpha value is -0.700. The van der Waals surface area contributed by atoms with Crippen molar-refractivity contribution >= 4 is 16.4 Å². The van der Waals surface area contributed by atoms with Gasteiger partial charge in [-0.25, -0.2) is 4.79 Å². The fourth-order valence-corrected chi connectivity index (χ4v) is 0. The summed E-state index contributed by atoms with van der Waals surface area (Å²) < 4.78 is 34.1. The summed E-state index contributed by atoms with van der Waals surface area (Å²) in [6.07, 6.45) is 0. The predicted molar refractivity (Wildman–Crippen MR) is 22.9 cm³/mol. The molecule has 0 aliphatic rings. The second kappa shape index (κ2) is 4.21. The lowest BCUT2D eigenvalue weighted by molar-refractivity contribution is -0.245. The van der Waals surface area contributed by atoms with Gasteiger partial charge >= 0.3 is 6.03 Å². The molecule has 0 aromatic rings. The fourth-order valence-electron chi connectivity index (χ4n) is 0. The van der Waals surface area contributed by atoms with Crippen LogP contribution in [0.2, 0.25) is 0 Å². The van der Waals surface area contributed by atoms with E-state index in [4.69, 9.17) is 22.3 Å². The number of amides is 2. The molecular formula is CH5N2O5S-. The average Bonchev–Trinajstić information content (AvgIpc) is 1.19. The topological polar surface area (TPSA) is 151 Å². The first kappa shape index (κ1) is 11.1. The molecule has 0 aliphatic carbocycles. The maximum absolute atomic E-state index is 9.11. The van der Waals surface area contributed by atoms with Crippen LogP contribution in [0, 0.1) is 0 Å². The Bertz CT molecular complexity index is 157. The summed E-state index contributed by atoms with van der Waals surface area (Å²) in [5.41, 5.74) is 7.14. The number of hydrogen-bond acceptors (Lipinski definition) is 5. The molecule has 9 heavy (non-hydrogen) atoms. The molecule has 0 unspecified atom stereocenters. The Labute approximate surface area is 51.2 Å². The molecule has 0 rings (SSSR count). The highest BCUT2D eigenvalue weighted by molar-refractivity contribution is 7.79. The van der Waals surface area contributed by atoms with Gasteiger partial charge in [-0.3, -0.25) is 14.2 Å². The van der Waals surface area contributed by atoms with E-state index < -0.39 is 16.4 Å². The van der Waals surface area contributed by atoms with E-state index in [1.807, 2.05) is 0 Å². The van der Waals surface area contributed by atoms with Gasteiger partial charge in [0, 0.05) is 10.4 Å². The van der Waals surface area contributed by atoms with Crippen molar-refractivity contribution in [3.05, 3.63) is 0 Å². The van der Waals surface area contributed by atoms with Crippen LogP contribution in [-0.2, 0) is 10.4 Å². The second-order valence-electron chi connectivity index (χ2n) is 0.875. The van der Waals surface area contributed by atoms with Crippen molar-refractivity contribution in [3.63, 3.8) is 0 Å². The zero-order valence-corrected chi connectivity index (χ0v) is 5.05. The van der Waals surface area contributed by atoms with Gasteiger partial charge in [-0.15, -0.1) is 0 Å². The Balaban J connectivity index is 0. The molecule has 0 fully saturated rings. The van der Waals surface area contributed by atoms with Crippen LogP contribution >= 0.6 is 0 Å². The quantitative estimate of drug-likeness (QED) is 0.283. The van der Waals surface area contributed by atoms with Crippen molar-refractivity contribution in [2.24, 2.45) is 5.73 Å². The number of urea groups is 1. The van der Waals surface area contributed by atoms with Crippen LogP contribution in [0.25, 0.3) is 0 Å². The van der Waals surface area contributed by atoms with E-state index in [-0.39, 0.29) is 0 Å². The summed E-state index contributed by atoms with van der Waals surface area (Å²) in [5.74, 6) is 0. The molecule has 0 bridgehead atoms. The molecule has 2 amide bonds. The van der Waals surface area contributed by atoms with E-state index >= 15 is 0 Å². The number of carbonyl (C=O) groups excluding carboxylic acids is 1. The van der Waals surface area contributed by atoms with E-state index in [0.717, 1.165) is 0 Å². The lowest BCUT2D eigenvalue weighted by atomic mass is 11.2. The van der Waals surface area contributed by atoms with Gasteiger partial charge in [0.15, 0.2) is 0 Å². The Morgan fingerprint density at radius 1 is 1.44 bits per heavy atom. The molecule has 0 saturated heterocycles. The first-order valence-corrected chi connectivity index (χ1v) is 2.85. The van der Waals surface area contributed by atoms with Gasteiger partial charge in [0.05, 0.1) is 0 Å². The smallest absolute Gasteiger partial charge is 0.409 e. The lowest BCUT2D eigenvalue weighted by Gasteiger charge is -2.06. The van der Waals surface area contributed by atoms with Crippen LogP contribution in [0.4, 0.5) is 4.79 Å². The van der Waals surface area contributed by atoms with Crippen LogP contribution in [-0.4, -0.2) is 23.6 Å². The Kier molecular flexibility index (Phi) is 5.21. The van der Waals surface area contributed by atoms with Crippen LogP contribution in [0.15, 0.2) is 0 Å². The van der Waals surface area contributed by atoms with Crippen LogP contribution in [0.3, 0.4) is 0 Å². The van der Waals surface area contributed by atoms with Crippen LogP contribution in [0.1, 0.15) is 0 Å². The normalized spacial score (nSPS) is 9.22. The SMILES string of the molecule is NC([NH3+])=O.O=S(=O)([O-])[O-]. The predicted octanol–water partition coefficient (Wildman–Crippen LogP) is -3.03. The van der Waals surface area contributed by atoms with Gasteiger partial charge < -0.3 is 14.8 Å². The van der Waals surface area contributed by atoms with Crippen molar-refractivity contribution in [1.29, 1.82) is 0 Å². The molecule has 0 heterocycles. The molecule has 0 radical (unpaired) electrons. The van der Waals surface area contributed by atoms with E-state index in [1.165, 1.54) is 0 Å². The van der Waals surface area contributed by atoms with Crippen molar-refractivity contribution in [1.82, 2.24) is 0 Å². The highest BCUT2D eigenvalue weighted by Crippen LogP contribution is 1.57. The number of hydrogen-bond donors (Lipinski definition) is 2. The van der Waals surface area contributed by atoms with E-state index in [1.54, 1.807) is 0 Å². The van der Waals surface area contributed by atoms with Crippen molar-refractivity contribution < 1.29 is 28.1 Å². The Morgan fingerprint density at radius 2 is 1.44 bits per heavy atom. The highest BCUT2D eigenvalue weighted by atomic mass is 32.3. The third-order valence-corrected chi connectivity index (χ3v) is 0. The molecule has 7 nitrogen and oxygen atoms in total. The summed E-state index contributed by atoms with van der Waals surface area (Å²) in [7, 11) is -5.17. The van der Waals surface area contributed by atoms with Gasteiger partial charge in [0.25, 0.3) is 0 Å². The molecular weight excluding hydrogens is 152 g/mol. The molecule has 5 N–H and O–H groups in total. The third kappa shape index (κ3) is 418. The molecule has 0 saturated carbocycles. The van der Waals surface area contributed by atoms with Gasteiger partial charge in [-0.1, -0.05) is 0 Å². The first-order valence-electron chi connectivity index (χ1n) is 1.51.